The van der Waals surface area contributed by atoms with Crippen molar-refractivity contribution in [2.45, 2.75) is 24.9 Å². The zero-order valence-corrected chi connectivity index (χ0v) is 20.2. The van der Waals surface area contributed by atoms with E-state index in [2.05, 4.69) is 0 Å². The summed E-state index contributed by atoms with van der Waals surface area (Å²) in [5, 5.41) is 2.53. The molecule has 1 fully saturated rings. The SMILES string of the molecule is Cc1cccc(C)c1-c1csc(N2CCN(S(=O)(=O)c3cc(C(F)(F)F)ccc3Cl)CC2)n1. The zero-order chi connectivity index (χ0) is 24.0. The lowest BCUT2D eigenvalue weighted by Gasteiger charge is -2.34. The molecule has 0 saturated carbocycles. The fourth-order valence-corrected chi connectivity index (χ4v) is 6.67. The maximum absolute atomic E-state index is 13.1. The number of hydrogen-bond donors (Lipinski definition) is 0. The van der Waals surface area contributed by atoms with Gasteiger partial charge >= 0.3 is 6.18 Å². The van der Waals surface area contributed by atoms with Crippen LogP contribution in [-0.2, 0) is 16.2 Å². The molecule has 0 aliphatic carbocycles. The molecule has 0 bridgehead atoms. The molecule has 1 saturated heterocycles. The molecule has 4 rings (SSSR count). The number of alkyl halides is 3. The summed E-state index contributed by atoms with van der Waals surface area (Å²) in [6, 6.07) is 8.40. The summed E-state index contributed by atoms with van der Waals surface area (Å²) in [5.74, 6) is 0. The van der Waals surface area contributed by atoms with E-state index in [1.165, 1.54) is 15.6 Å². The summed E-state index contributed by atoms with van der Waals surface area (Å²) in [4.78, 5) is 6.21. The quantitative estimate of drug-likeness (QED) is 0.453. The largest absolute Gasteiger partial charge is 0.416 e. The van der Waals surface area contributed by atoms with Gasteiger partial charge in [0.1, 0.15) is 4.90 Å². The van der Waals surface area contributed by atoms with E-state index in [1.807, 2.05) is 42.3 Å². The normalized spacial score (nSPS) is 15.8. The Morgan fingerprint density at radius 2 is 1.67 bits per heavy atom. The van der Waals surface area contributed by atoms with E-state index in [4.69, 9.17) is 16.6 Å². The van der Waals surface area contributed by atoms with Crippen molar-refractivity contribution in [2.75, 3.05) is 31.1 Å². The van der Waals surface area contributed by atoms with Gasteiger partial charge in [0, 0.05) is 37.1 Å². The molecule has 1 aliphatic rings. The van der Waals surface area contributed by atoms with Crippen molar-refractivity contribution >= 4 is 38.1 Å². The molecular weight excluding hydrogens is 495 g/mol. The second-order valence-electron chi connectivity index (χ2n) is 7.82. The van der Waals surface area contributed by atoms with Crippen LogP contribution in [0.3, 0.4) is 0 Å². The molecule has 0 spiro atoms. The first kappa shape index (κ1) is 24.0. The number of piperazine rings is 1. The van der Waals surface area contributed by atoms with E-state index in [0.29, 0.717) is 19.2 Å². The van der Waals surface area contributed by atoms with E-state index >= 15 is 0 Å². The molecule has 0 N–H and O–H groups in total. The summed E-state index contributed by atoms with van der Waals surface area (Å²) >= 11 is 7.45. The number of nitrogens with zero attached hydrogens (tertiary/aromatic N) is 3. The first-order valence-corrected chi connectivity index (χ1v) is 12.8. The van der Waals surface area contributed by atoms with Gasteiger partial charge in [-0.15, -0.1) is 11.3 Å². The molecule has 1 aromatic heterocycles. The average molecular weight is 516 g/mol. The van der Waals surface area contributed by atoms with Crippen LogP contribution < -0.4 is 4.90 Å². The number of hydrogen-bond acceptors (Lipinski definition) is 5. The van der Waals surface area contributed by atoms with Crippen LogP contribution in [0, 0.1) is 13.8 Å². The van der Waals surface area contributed by atoms with Crippen molar-refractivity contribution in [3.63, 3.8) is 0 Å². The molecule has 3 aromatic rings. The Bertz CT molecular complexity index is 1260. The lowest BCUT2D eigenvalue weighted by Crippen LogP contribution is -2.48. The molecule has 33 heavy (non-hydrogen) atoms. The highest BCUT2D eigenvalue weighted by Gasteiger charge is 2.35. The van der Waals surface area contributed by atoms with Crippen molar-refractivity contribution in [1.29, 1.82) is 0 Å². The van der Waals surface area contributed by atoms with Crippen LogP contribution in [0.15, 0.2) is 46.7 Å². The van der Waals surface area contributed by atoms with Gasteiger partial charge in [-0.3, -0.25) is 0 Å². The summed E-state index contributed by atoms with van der Waals surface area (Å²) in [7, 11) is -4.17. The van der Waals surface area contributed by atoms with Gasteiger partial charge in [-0.05, 0) is 43.2 Å². The summed E-state index contributed by atoms with van der Waals surface area (Å²) < 4.78 is 66.5. The van der Waals surface area contributed by atoms with Crippen molar-refractivity contribution in [3.05, 3.63) is 63.5 Å². The molecule has 2 heterocycles. The third-order valence-electron chi connectivity index (χ3n) is 5.61. The Morgan fingerprint density at radius 3 is 2.27 bits per heavy atom. The van der Waals surface area contributed by atoms with Gasteiger partial charge in [0.25, 0.3) is 0 Å². The summed E-state index contributed by atoms with van der Waals surface area (Å²) in [5.41, 5.74) is 3.16. The highest BCUT2D eigenvalue weighted by molar-refractivity contribution is 7.89. The fourth-order valence-electron chi connectivity index (χ4n) is 3.88. The molecule has 0 unspecified atom stereocenters. The summed E-state index contributed by atoms with van der Waals surface area (Å²) in [6.45, 7) is 5.04. The van der Waals surface area contributed by atoms with E-state index in [0.717, 1.165) is 39.6 Å². The van der Waals surface area contributed by atoms with Crippen LogP contribution in [0.1, 0.15) is 16.7 Å². The van der Waals surface area contributed by atoms with Crippen molar-refractivity contribution in [1.82, 2.24) is 9.29 Å². The number of halogens is 4. The smallest absolute Gasteiger partial charge is 0.345 e. The molecule has 0 radical (unpaired) electrons. The van der Waals surface area contributed by atoms with Crippen molar-refractivity contribution in [3.8, 4) is 11.3 Å². The van der Waals surface area contributed by atoms with Gasteiger partial charge in [0.15, 0.2) is 5.13 Å². The average Bonchev–Trinajstić information content (AvgIpc) is 3.23. The number of thiazole rings is 1. The second kappa shape index (κ2) is 8.90. The third-order valence-corrected chi connectivity index (χ3v) is 8.90. The monoisotopic (exact) mass is 515 g/mol. The van der Waals surface area contributed by atoms with E-state index < -0.39 is 26.7 Å². The zero-order valence-electron chi connectivity index (χ0n) is 17.9. The van der Waals surface area contributed by atoms with Crippen LogP contribution in [-0.4, -0.2) is 43.9 Å². The maximum Gasteiger partial charge on any atom is 0.416 e. The first-order chi connectivity index (χ1) is 15.5. The lowest BCUT2D eigenvalue weighted by atomic mass is 10.0. The van der Waals surface area contributed by atoms with Crippen LogP contribution in [0.25, 0.3) is 11.3 Å². The van der Waals surface area contributed by atoms with Crippen molar-refractivity contribution < 1.29 is 21.6 Å². The second-order valence-corrected chi connectivity index (χ2v) is 11.0. The number of rotatable bonds is 4. The van der Waals surface area contributed by atoms with Crippen molar-refractivity contribution in [2.24, 2.45) is 0 Å². The van der Waals surface area contributed by atoms with Crippen LogP contribution in [0.2, 0.25) is 5.02 Å². The van der Waals surface area contributed by atoms with Gasteiger partial charge in [-0.25, -0.2) is 13.4 Å². The summed E-state index contributed by atoms with van der Waals surface area (Å²) in [6.07, 6.45) is -4.66. The number of aryl methyl sites for hydroxylation is 2. The van der Waals surface area contributed by atoms with Gasteiger partial charge in [-0.1, -0.05) is 29.8 Å². The maximum atomic E-state index is 13.1. The van der Waals surface area contributed by atoms with Gasteiger partial charge < -0.3 is 4.90 Å². The fraction of sp³-hybridized carbons (Fsp3) is 0.318. The Balaban J connectivity index is 1.51. The highest BCUT2D eigenvalue weighted by Crippen LogP contribution is 2.35. The Hall–Kier alpha value is -2.14. The van der Waals surface area contributed by atoms with Crippen LogP contribution in [0.5, 0.6) is 0 Å². The number of benzene rings is 2. The van der Waals surface area contributed by atoms with Crippen LogP contribution in [0.4, 0.5) is 18.3 Å². The van der Waals surface area contributed by atoms with E-state index in [-0.39, 0.29) is 18.1 Å². The van der Waals surface area contributed by atoms with E-state index in [9.17, 15) is 21.6 Å². The lowest BCUT2D eigenvalue weighted by molar-refractivity contribution is -0.137. The van der Waals surface area contributed by atoms with Crippen LogP contribution >= 0.6 is 22.9 Å². The molecular formula is C22H21ClF3N3O2S2. The highest BCUT2D eigenvalue weighted by atomic mass is 35.5. The first-order valence-electron chi connectivity index (χ1n) is 10.1. The molecule has 0 amide bonds. The van der Waals surface area contributed by atoms with Gasteiger partial charge in [0.2, 0.25) is 10.0 Å². The molecule has 5 nitrogen and oxygen atoms in total. The molecule has 1 aliphatic heterocycles. The molecule has 2 aromatic carbocycles. The molecule has 11 heteroatoms. The number of aromatic nitrogens is 1. The Kier molecular flexibility index (Phi) is 6.47. The predicted molar refractivity (Wildman–Crippen MR) is 124 cm³/mol. The minimum absolute atomic E-state index is 0.118. The minimum Gasteiger partial charge on any atom is -0.345 e. The standard InChI is InChI=1S/C22H21ClF3N3O2S2/c1-14-4-3-5-15(2)20(14)18-13-32-21(27-18)28-8-10-29(11-9-28)33(30,31)19-12-16(22(24,25)26)6-7-17(19)23/h3-7,12-13H,8-11H2,1-2H3. The third kappa shape index (κ3) is 4.75. The number of sulfonamides is 1. The Morgan fingerprint density at radius 1 is 1.03 bits per heavy atom. The van der Waals surface area contributed by atoms with E-state index in [1.54, 1.807) is 0 Å². The minimum atomic E-state index is -4.66. The topological polar surface area (TPSA) is 53.5 Å². The number of anilines is 1. The predicted octanol–water partition coefficient (Wildman–Crippen LogP) is 5.61. The van der Waals surface area contributed by atoms with Gasteiger partial charge in [0.05, 0.1) is 16.3 Å². The Labute approximate surface area is 199 Å². The molecule has 176 valence electrons. The molecule has 0 atom stereocenters. The van der Waals surface area contributed by atoms with Gasteiger partial charge in [-0.2, -0.15) is 17.5 Å².